The van der Waals surface area contributed by atoms with Crippen molar-refractivity contribution in [2.24, 2.45) is 5.73 Å². The summed E-state index contributed by atoms with van der Waals surface area (Å²) >= 11 is 0. The summed E-state index contributed by atoms with van der Waals surface area (Å²) in [6.45, 7) is 4.37. The lowest BCUT2D eigenvalue weighted by atomic mass is 10.2. The molecule has 0 radical (unpaired) electrons. The monoisotopic (exact) mass is 244 g/mol. The van der Waals surface area contributed by atoms with Crippen LogP contribution in [0.5, 0.6) is 11.6 Å². The molecule has 0 saturated heterocycles. The van der Waals surface area contributed by atoms with Crippen LogP contribution >= 0.6 is 0 Å². The first-order valence-corrected chi connectivity index (χ1v) is 5.90. The molecule has 94 valence electrons. The number of nitrogens with two attached hydrogens (primary N) is 1. The molecule has 0 aromatic carbocycles. The van der Waals surface area contributed by atoms with Crippen molar-refractivity contribution in [3.05, 3.63) is 41.3 Å². The molecule has 0 aliphatic heterocycles. The molecule has 0 unspecified atom stereocenters. The fourth-order valence-electron chi connectivity index (χ4n) is 1.57. The topological polar surface area (TPSA) is 73.9 Å². The molecule has 0 atom stereocenters. The van der Waals surface area contributed by atoms with Crippen LogP contribution in [0.2, 0.25) is 0 Å². The molecule has 0 amide bonds. The highest BCUT2D eigenvalue weighted by atomic mass is 16.5. The summed E-state index contributed by atoms with van der Waals surface area (Å²) in [7, 11) is 0. The summed E-state index contributed by atoms with van der Waals surface area (Å²) in [5.74, 6) is 1.17. The van der Waals surface area contributed by atoms with E-state index < -0.39 is 0 Å². The highest BCUT2D eigenvalue weighted by molar-refractivity contribution is 5.32. The van der Waals surface area contributed by atoms with Crippen molar-refractivity contribution >= 4 is 0 Å². The van der Waals surface area contributed by atoms with Crippen molar-refractivity contribution in [2.45, 2.75) is 26.8 Å². The second-order valence-electron chi connectivity index (χ2n) is 3.92. The van der Waals surface area contributed by atoms with Gasteiger partial charge < -0.3 is 10.5 Å². The van der Waals surface area contributed by atoms with E-state index in [1.165, 1.54) is 0 Å². The van der Waals surface area contributed by atoms with Crippen molar-refractivity contribution < 1.29 is 4.74 Å². The first-order chi connectivity index (χ1) is 8.72. The van der Waals surface area contributed by atoms with Crippen LogP contribution in [0.25, 0.3) is 0 Å². The van der Waals surface area contributed by atoms with E-state index in [2.05, 4.69) is 15.2 Å². The number of rotatable bonds is 4. The van der Waals surface area contributed by atoms with Crippen LogP contribution in [0.4, 0.5) is 0 Å². The lowest BCUT2D eigenvalue weighted by molar-refractivity contribution is 0.445. The second-order valence-corrected chi connectivity index (χ2v) is 3.92. The molecule has 0 saturated carbocycles. The van der Waals surface area contributed by atoms with Crippen LogP contribution in [-0.4, -0.2) is 15.2 Å². The zero-order valence-electron chi connectivity index (χ0n) is 10.6. The Kier molecular flexibility index (Phi) is 3.84. The molecule has 2 rings (SSSR count). The first kappa shape index (κ1) is 12.4. The average Bonchev–Trinajstić information content (AvgIpc) is 2.41. The third-order valence-electron chi connectivity index (χ3n) is 2.53. The molecule has 2 N–H and O–H groups in total. The van der Waals surface area contributed by atoms with Crippen molar-refractivity contribution in [1.29, 1.82) is 0 Å². The Hall–Kier alpha value is -2.01. The molecule has 0 aliphatic rings. The molecule has 2 aromatic rings. The number of hydrogen-bond acceptors (Lipinski definition) is 5. The Bertz CT molecular complexity index is 525. The number of aryl methyl sites for hydroxylation is 2. The van der Waals surface area contributed by atoms with Gasteiger partial charge in [0.25, 0.3) is 0 Å². The lowest BCUT2D eigenvalue weighted by Gasteiger charge is -2.08. The standard InChI is InChI=1S/C13H16N4O/c1-3-11-12(6-4-9(2)15-11)18-13-7-5-10(8-14)16-17-13/h4-7H,3,8,14H2,1-2H3. The zero-order chi connectivity index (χ0) is 13.0. The average molecular weight is 244 g/mol. The van der Waals surface area contributed by atoms with Gasteiger partial charge in [-0.3, -0.25) is 4.98 Å². The Morgan fingerprint density at radius 1 is 1.17 bits per heavy atom. The van der Waals surface area contributed by atoms with Crippen LogP contribution in [0.3, 0.4) is 0 Å². The van der Waals surface area contributed by atoms with Gasteiger partial charge in [-0.15, -0.1) is 5.10 Å². The predicted octanol–water partition coefficient (Wildman–Crippen LogP) is 1.99. The molecule has 5 heteroatoms. The largest absolute Gasteiger partial charge is 0.436 e. The van der Waals surface area contributed by atoms with Crippen molar-refractivity contribution in [2.75, 3.05) is 0 Å². The van der Waals surface area contributed by atoms with E-state index in [1.807, 2.05) is 26.0 Å². The maximum Gasteiger partial charge on any atom is 0.238 e. The van der Waals surface area contributed by atoms with Gasteiger partial charge in [-0.2, -0.15) is 5.10 Å². The van der Waals surface area contributed by atoms with Crippen LogP contribution in [0.1, 0.15) is 24.0 Å². The fraction of sp³-hybridized carbons (Fsp3) is 0.308. The van der Waals surface area contributed by atoms with E-state index in [1.54, 1.807) is 12.1 Å². The predicted molar refractivity (Wildman–Crippen MR) is 68.3 cm³/mol. The molecule has 2 aromatic heterocycles. The Morgan fingerprint density at radius 2 is 2.00 bits per heavy atom. The van der Waals surface area contributed by atoms with Gasteiger partial charge >= 0.3 is 0 Å². The van der Waals surface area contributed by atoms with Crippen LogP contribution in [0.15, 0.2) is 24.3 Å². The quantitative estimate of drug-likeness (QED) is 0.890. The minimum absolute atomic E-state index is 0.375. The molecule has 0 aliphatic carbocycles. The highest BCUT2D eigenvalue weighted by Gasteiger charge is 2.06. The maximum atomic E-state index is 5.68. The minimum atomic E-state index is 0.375. The van der Waals surface area contributed by atoms with Crippen molar-refractivity contribution in [1.82, 2.24) is 15.2 Å². The summed E-state index contributed by atoms with van der Waals surface area (Å²) in [5, 5.41) is 7.91. The van der Waals surface area contributed by atoms with Gasteiger partial charge in [0.1, 0.15) is 0 Å². The van der Waals surface area contributed by atoms with E-state index >= 15 is 0 Å². The Balaban J connectivity index is 2.22. The summed E-state index contributed by atoms with van der Waals surface area (Å²) in [6, 6.07) is 7.37. The van der Waals surface area contributed by atoms with Crippen molar-refractivity contribution in [3.8, 4) is 11.6 Å². The van der Waals surface area contributed by atoms with Gasteiger partial charge in [0, 0.05) is 18.3 Å². The van der Waals surface area contributed by atoms with Crippen LogP contribution in [0, 0.1) is 6.92 Å². The van der Waals surface area contributed by atoms with Crippen LogP contribution < -0.4 is 10.5 Å². The molecular weight excluding hydrogens is 228 g/mol. The smallest absolute Gasteiger partial charge is 0.238 e. The third kappa shape index (κ3) is 2.81. The van der Waals surface area contributed by atoms with Gasteiger partial charge in [-0.05, 0) is 31.5 Å². The highest BCUT2D eigenvalue weighted by Crippen LogP contribution is 2.23. The van der Waals surface area contributed by atoms with E-state index in [0.29, 0.717) is 12.4 Å². The number of aromatic nitrogens is 3. The summed E-state index contributed by atoms with van der Waals surface area (Å²) in [5.41, 5.74) is 8.09. The molecule has 18 heavy (non-hydrogen) atoms. The van der Waals surface area contributed by atoms with Gasteiger partial charge in [-0.25, -0.2) is 0 Å². The normalized spacial score (nSPS) is 10.4. The molecule has 0 fully saturated rings. The van der Waals surface area contributed by atoms with Gasteiger partial charge in [-0.1, -0.05) is 6.92 Å². The summed E-state index contributed by atoms with van der Waals surface area (Å²) in [6.07, 6.45) is 0.811. The van der Waals surface area contributed by atoms with E-state index in [0.717, 1.165) is 29.3 Å². The van der Waals surface area contributed by atoms with E-state index in [-0.39, 0.29) is 0 Å². The summed E-state index contributed by atoms with van der Waals surface area (Å²) < 4.78 is 5.68. The van der Waals surface area contributed by atoms with Crippen molar-refractivity contribution in [3.63, 3.8) is 0 Å². The van der Waals surface area contributed by atoms with Crippen LogP contribution in [-0.2, 0) is 13.0 Å². The van der Waals surface area contributed by atoms with E-state index in [4.69, 9.17) is 10.5 Å². The summed E-state index contributed by atoms with van der Waals surface area (Å²) in [4.78, 5) is 4.43. The fourth-order valence-corrected chi connectivity index (χ4v) is 1.57. The lowest BCUT2D eigenvalue weighted by Crippen LogP contribution is -2.02. The Morgan fingerprint density at radius 3 is 2.61 bits per heavy atom. The number of ether oxygens (including phenoxy) is 1. The second kappa shape index (κ2) is 5.55. The number of nitrogens with zero attached hydrogens (tertiary/aromatic N) is 3. The molecule has 0 spiro atoms. The number of hydrogen-bond donors (Lipinski definition) is 1. The molecule has 0 bridgehead atoms. The molecule has 2 heterocycles. The minimum Gasteiger partial charge on any atom is -0.436 e. The molecule has 5 nitrogen and oxygen atoms in total. The van der Waals surface area contributed by atoms with Gasteiger partial charge in [0.2, 0.25) is 5.88 Å². The number of pyridine rings is 1. The van der Waals surface area contributed by atoms with Gasteiger partial charge in [0.05, 0.1) is 11.4 Å². The zero-order valence-corrected chi connectivity index (χ0v) is 10.6. The first-order valence-electron chi connectivity index (χ1n) is 5.90. The maximum absolute atomic E-state index is 5.68. The van der Waals surface area contributed by atoms with Gasteiger partial charge in [0.15, 0.2) is 5.75 Å². The Labute approximate surface area is 106 Å². The SMILES string of the molecule is CCc1nc(C)ccc1Oc1ccc(CN)nn1. The third-order valence-corrected chi connectivity index (χ3v) is 2.53. The van der Waals surface area contributed by atoms with E-state index in [9.17, 15) is 0 Å². The molecular formula is C13H16N4O.